The van der Waals surface area contributed by atoms with E-state index in [0.717, 1.165) is 12.3 Å². The van der Waals surface area contributed by atoms with E-state index in [9.17, 15) is 5.11 Å². The van der Waals surface area contributed by atoms with Gasteiger partial charge >= 0.3 is 0 Å². The van der Waals surface area contributed by atoms with Crippen LogP contribution >= 0.6 is 0 Å². The number of aryl methyl sites for hydroxylation is 2. The van der Waals surface area contributed by atoms with Crippen molar-refractivity contribution < 1.29 is 9.84 Å². The van der Waals surface area contributed by atoms with Crippen LogP contribution in [0.2, 0.25) is 0 Å². The number of phenolic OH excluding ortho intramolecular Hbond substituents is 1. The zero-order valence-electron chi connectivity index (χ0n) is 14.3. The van der Waals surface area contributed by atoms with Gasteiger partial charge in [0.1, 0.15) is 0 Å². The molecule has 1 N–H and O–H groups in total. The third kappa shape index (κ3) is 6.66. The van der Waals surface area contributed by atoms with Crippen LogP contribution in [0.3, 0.4) is 0 Å². The summed E-state index contributed by atoms with van der Waals surface area (Å²) in [5.41, 5.74) is 2.67. The molecule has 0 saturated carbocycles. The van der Waals surface area contributed by atoms with Gasteiger partial charge in [0.15, 0.2) is 11.5 Å². The summed E-state index contributed by atoms with van der Waals surface area (Å²) in [6, 6.07) is 16.4. The number of hydrogen-bond donors (Lipinski definition) is 1. The maximum absolute atomic E-state index is 9.62. The van der Waals surface area contributed by atoms with Crippen LogP contribution in [0.15, 0.2) is 48.5 Å². The molecule has 0 fully saturated rings. The molecular formula is C22H32O2. The van der Waals surface area contributed by atoms with Crippen molar-refractivity contribution in [1.82, 2.24) is 0 Å². The van der Waals surface area contributed by atoms with Gasteiger partial charge in [-0.1, -0.05) is 63.6 Å². The average Bonchev–Trinajstić information content (AvgIpc) is 2.59. The van der Waals surface area contributed by atoms with E-state index in [4.69, 9.17) is 4.74 Å². The van der Waals surface area contributed by atoms with E-state index >= 15 is 0 Å². The molecule has 2 nitrogen and oxygen atoms in total. The molecule has 1 atom stereocenters. The fraction of sp³-hybridized carbons (Fsp3) is 0.455. The highest BCUT2D eigenvalue weighted by atomic mass is 16.5. The molecule has 24 heavy (non-hydrogen) atoms. The van der Waals surface area contributed by atoms with Gasteiger partial charge in [-0.25, -0.2) is 0 Å². The molecule has 0 aliphatic carbocycles. The molecule has 0 saturated heterocycles. The van der Waals surface area contributed by atoms with Gasteiger partial charge in [-0.3, -0.25) is 0 Å². The molecule has 0 aromatic heterocycles. The molecule has 0 heterocycles. The third-order valence-corrected chi connectivity index (χ3v) is 4.43. The Balaban J connectivity index is 0.00000288. The number of phenols is 1. The lowest BCUT2D eigenvalue weighted by Gasteiger charge is -2.12. The minimum Gasteiger partial charge on any atom is -0.504 e. The maximum Gasteiger partial charge on any atom is 0.160 e. The minimum absolute atomic E-state index is 0. The van der Waals surface area contributed by atoms with Crippen LogP contribution in [0.5, 0.6) is 11.5 Å². The number of ether oxygens (including phenoxy) is 1. The van der Waals surface area contributed by atoms with Crippen LogP contribution in [0.1, 0.15) is 51.2 Å². The lowest BCUT2D eigenvalue weighted by molar-refractivity contribution is 0.372. The van der Waals surface area contributed by atoms with Gasteiger partial charge in [-0.2, -0.15) is 0 Å². The topological polar surface area (TPSA) is 29.5 Å². The highest BCUT2D eigenvalue weighted by Crippen LogP contribution is 2.27. The minimum atomic E-state index is 0. The van der Waals surface area contributed by atoms with Gasteiger partial charge < -0.3 is 9.84 Å². The number of hydrogen-bond acceptors (Lipinski definition) is 2. The highest BCUT2D eigenvalue weighted by Gasteiger charge is 2.06. The smallest absolute Gasteiger partial charge is 0.160 e. The second kappa shape index (κ2) is 10.7. The first-order valence-corrected chi connectivity index (χ1v) is 8.59. The summed E-state index contributed by atoms with van der Waals surface area (Å²) in [5.74, 6) is 1.51. The van der Waals surface area contributed by atoms with E-state index in [1.165, 1.54) is 43.2 Å². The van der Waals surface area contributed by atoms with Gasteiger partial charge in [0.05, 0.1) is 7.11 Å². The van der Waals surface area contributed by atoms with E-state index in [-0.39, 0.29) is 13.2 Å². The number of benzene rings is 2. The standard InChI is InChI=1S/C21H28O2.CH4/c1-17(8-6-7-11-18-9-4-3-5-10-18)12-13-19-14-15-20(22)21(16-19)23-2;/h3-5,9-10,14-17,22H,6-8,11-13H2,1-2H3;1H4. The molecule has 0 aliphatic rings. The van der Waals surface area contributed by atoms with Gasteiger partial charge in [0, 0.05) is 0 Å². The first kappa shape index (κ1) is 20.1. The molecule has 2 rings (SSSR count). The van der Waals surface area contributed by atoms with Crippen LogP contribution in [-0.4, -0.2) is 12.2 Å². The molecule has 1 unspecified atom stereocenters. The molecule has 2 aromatic carbocycles. The zero-order valence-corrected chi connectivity index (χ0v) is 14.3. The fourth-order valence-corrected chi connectivity index (χ4v) is 2.90. The van der Waals surface area contributed by atoms with Crippen molar-refractivity contribution in [2.45, 2.75) is 52.9 Å². The predicted molar refractivity (Wildman–Crippen MR) is 103 cm³/mol. The third-order valence-electron chi connectivity index (χ3n) is 4.43. The largest absolute Gasteiger partial charge is 0.504 e. The van der Waals surface area contributed by atoms with Gasteiger partial charge in [0.25, 0.3) is 0 Å². The Labute approximate surface area is 147 Å². The Hall–Kier alpha value is -1.96. The number of methoxy groups -OCH3 is 1. The van der Waals surface area contributed by atoms with Crippen LogP contribution < -0.4 is 4.74 Å². The van der Waals surface area contributed by atoms with Crippen LogP contribution in [0, 0.1) is 5.92 Å². The SMILES string of the molecule is C.COc1cc(CCC(C)CCCCc2ccccc2)ccc1O. The first-order chi connectivity index (χ1) is 11.2. The molecule has 0 aliphatic heterocycles. The van der Waals surface area contributed by atoms with E-state index in [1.54, 1.807) is 13.2 Å². The summed E-state index contributed by atoms with van der Waals surface area (Å²) in [7, 11) is 1.59. The molecule has 0 bridgehead atoms. The lowest BCUT2D eigenvalue weighted by atomic mass is 9.95. The summed E-state index contributed by atoms with van der Waals surface area (Å²) in [4.78, 5) is 0. The van der Waals surface area contributed by atoms with Gasteiger partial charge in [-0.15, -0.1) is 0 Å². The van der Waals surface area contributed by atoms with Crippen LogP contribution in [0.4, 0.5) is 0 Å². The predicted octanol–water partition coefficient (Wildman–Crippen LogP) is 6.02. The summed E-state index contributed by atoms with van der Waals surface area (Å²) in [6.07, 6.45) is 7.23. The maximum atomic E-state index is 9.62. The first-order valence-electron chi connectivity index (χ1n) is 8.59. The van der Waals surface area contributed by atoms with Crippen molar-refractivity contribution in [1.29, 1.82) is 0 Å². The number of aromatic hydroxyl groups is 1. The summed E-state index contributed by atoms with van der Waals surface area (Å²) < 4.78 is 5.16. The van der Waals surface area contributed by atoms with Crippen LogP contribution in [-0.2, 0) is 12.8 Å². The molecule has 0 amide bonds. The molecule has 0 spiro atoms. The molecule has 2 aromatic rings. The summed E-state index contributed by atoms with van der Waals surface area (Å²) >= 11 is 0. The summed E-state index contributed by atoms with van der Waals surface area (Å²) in [5, 5.41) is 9.62. The van der Waals surface area contributed by atoms with Crippen molar-refractivity contribution in [3.63, 3.8) is 0 Å². The van der Waals surface area contributed by atoms with Crippen molar-refractivity contribution in [2.24, 2.45) is 5.92 Å². The second-order valence-corrected chi connectivity index (χ2v) is 6.38. The van der Waals surface area contributed by atoms with E-state index in [1.807, 2.05) is 12.1 Å². The van der Waals surface area contributed by atoms with Crippen molar-refractivity contribution in [3.05, 3.63) is 59.7 Å². The quantitative estimate of drug-likeness (QED) is 0.570. The van der Waals surface area contributed by atoms with E-state index < -0.39 is 0 Å². The van der Waals surface area contributed by atoms with Crippen LogP contribution in [0.25, 0.3) is 0 Å². The fourth-order valence-electron chi connectivity index (χ4n) is 2.90. The average molecular weight is 328 g/mol. The van der Waals surface area contributed by atoms with Crippen molar-refractivity contribution in [2.75, 3.05) is 7.11 Å². The summed E-state index contributed by atoms with van der Waals surface area (Å²) in [6.45, 7) is 2.33. The molecular weight excluding hydrogens is 296 g/mol. The Bertz CT molecular complexity index is 578. The lowest BCUT2D eigenvalue weighted by Crippen LogP contribution is -1.99. The Kier molecular flexibility index (Phi) is 8.99. The van der Waals surface area contributed by atoms with Crippen molar-refractivity contribution >= 4 is 0 Å². The Morgan fingerprint density at radius 2 is 1.67 bits per heavy atom. The molecule has 0 radical (unpaired) electrons. The highest BCUT2D eigenvalue weighted by molar-refractivity contribution is 5.41. The van der Waals surface area contributed by atoms with Gasteiger partial charge in [-0.05, 0) is 54.9 Å². The molecule has 132 valence electrons. The van der Waals surface area contributed by atoms with Gasteiger partial charge in [0.2, 0.25) is 0 Å². The monoisotopic (exact) mass is 328 g/mol. The van der Waals surface area contributed by atoms with Crippen molar-refractivity contribution in [3.8, 4) is 11.5 Å². The Morgan fingerprint density at radius 1 is 0.917 bits per heavy atom. The van der Waals surface area contributed by atoms with E-state index in [2.05, 4.69) is 37.3 Å². The number of rotatable bonds is 9. The zero-order chi connectivity index (χ0) is 16.5. The number of unbranched alkanes of at least 4 members (excludes halogenated alkanes) is 1. The second-order valence-electron chi connectivity index (χ2n) is 6.38. The molecule has 2 heteroatoms. The Morgan fingerprint density at radius 3 is 2.38 bits per heavy atom. The van der Waals surface area contributed by atoms with E-state index in [0.29, 0.717) is 5.75 Å². The normalized spacial score (nSPS) is 11.6.